The number of para-hydroxylation sites is 2. The van der Waals surface area contributed by atoms with E-state index in [9.17, 15) is 14.4 Å². The first-order chi connectivity index (χ1) is 22.7. The van der Waals surface area contributed by atoms with Crippen molar-refractivity contribution in [2.24, 2.45) is 5.92 Å². The van der Waals surface area contributed by atoms with E-state index in [2.05, 4.69) is 15.3 Å². The first kappa shape index (κ1) is 30.4. The molecule has 11 nitrogen and oxygen atoms in total. The highest BCUT2D eigenvalue weighted by Crippen LogP contribution is 2.54. The number of aromatic amines is 1. The number of nitrogens with zero attached hydrogens (tertiary/aromatic N) is 1. The normalized spacial score (nSPS) is 18.2. The van der Waals surface area contributed by atoms with Crippen molar-refractivity contribution < 1.29 is 37.7 Å². The van der Waals surface area contributed by atoms with E-state index in [1.807, 2.05) is 24.3 Å². The van der Waals surface area contributed by atoms with Gasteiger partial charge in [-0.2, -0.15) is 0 Å². The number of ketones is 2. The van der Waals surface area contributed by atoms with Gasteiger partial charge < -0.3 is 33.7 Å². The number of imidazole rings is 1. The quantitative estimate of drug-likeness (QED) is 0.200. The van der Waals surface area contributed by atoms with E-state index in [0.29, 0.717) is 34.2 Å². The lowest BCUT2D eigenvalue weighted by atomic mass is 9.70. The van der Waals surface area contributed by atoms with Crippen LogP contribution in [0.2, 0.25) is 5.02 Å². The van der Waals surface area contributed by atoms with E-state index in [4.69, 9.17) is 35.0 Å². The molecule has 1 spiro atoms. The van der Waals surface area contributed by atoms with E-state index in [-0.39, 0.29) is 58.7 Å². The number of fused-ring (bicyclic) bond motifs is 3. The molecule has 2 aliphatic rings. The van der Waals surface area contributed by atoms with Gasteiger partial charge in [0, 0.05) is 29.5 Å². The summed E-state index contributed by atoms with van der Waals surface area (Å²) in [7, 11) is 4.40. The van der Waals surface area contributed by atoms with Crippen molar-refractivity contribution in [3.63, 3.8) is 0 Å². The van der Waals surface area contributed by atoms with Crippen LogP contribution >= 0.6 is 11.6 Å². The van der Waals surface area contributed by atoms with Gasteiger partial charge in [0.05, 0.1) is 50.9 Å². The Hall–Kier alpha value is -5.29. The van der Waals surface area contributed by atoms with Gasteiger partial charge in [0.25, 0.3) is 0 Å². The number of ether oxygens (including phenoxy) is 4. The third-order valence-corrected chi connectivity index (χ3v) is 9.19. The Kier molecular flexibility index (Phi) is 7.43. The van der Waals surface area contributed by atoms with Crippen molar-refractivity contribution in [1.29, 1.82) is 0 Å². The molecule has 1 aliphatic heterocycles. The second kappa shape index (κ2) is 11.5. The van der Waals surface area contributed by atoms with Crippen molar-refractivity contribution in [1.82, 2.24) is 15.3 Å². The number of carbonyl (C=O) groups excluding carboxylic acids is 3. The predicted octanol–water partition coefficient (Wildman–Crippen LogP) is 5.75. The molecular formula is C35H30ClN3O8. The third-order valence-electron chi connectivity index (χ3n) is 8.83. The first-order valence-corrected chi connectivity index (χ1v) is 15.3. The van der Waals surface area contributed by atoms with Gasteiger partial charge in [-0.25, -0.2) is 4.98 Å². The Balaban J connectivity index is 1.29. The summed E-state index contributed by atoms with van der Waals surface area (Å²) < 4.78 is 28.9. The third kappa shape index (κ3) is 4.72. The van der Waals surface area contributed by atoms with E-state index in [1.165, 1.54) is 20.3 Å². The number of nitrogens with one attached hydrogen (secondary N) is 2. The van der Waals surface area contributed by atoms with Crippen molar-refractivity contribution in [2.75, 3.05) is 21.3 Å². The van der Waals surface area contributed by atoms with Crippen LogP contribution in [0.1, 0.15) is 44.8 Å². The number of hydrogen-bond donors (Lipinski definition) is 2. The maximum absolute atomic E-state index is 14.7. The number of amides is 1. The minimum atomic E-state index is -1.96. The largest absolute Gasteiger partial charge is 0.497 e. The van der Waals surface area contributed by atoms with Gasteiger partial charge in [-0.3, -0.25) is 14.4 Å². The van der Waals surface area contributed by atoms with Crippen LogP contribution in [0.3, 0.4) is 0 Å². The van der Waals surface area contributed by atoms with E-state index >= 15 is 0 Å². The standard InChI is InChI=1S/C35H30ClN3O8/c1-17-13-24-28(33(41)35(17)34(42)29-23(44-3)15-25(45-4)30(36)32(29)47-35)20(31(46-24)18-9-11-19(43-2)12-10-18)14-27(40)37-16-26-38-21-7-5-6-8-22(21)39-26/h5-12,15,17H,13-14,16H2,1-4H3,(H,37,40)(H,38,39). The fourth-order valence-corrected chi connectivity index (χ4v) is 6.74. The molecule has 1 aliphatic carbocycles. The van der Waals surface area contributed by atoms with Crippen LogP contribution in [0.4, 0.5) is 0 Å². The van der Waals surface area contributed by atoms with Crippen LogP contribution in [0.15, 0.2) is 59.0 Å². The summed E-state index contributed by atoms with van der Waals surface area (Å²) in [6.45, 7) is 1.88. The molecule has 240 valence electrons. The zero-order chi connectivity index (χ0) is 33.0. The van der Waals surface area contributed by atoms with Gasteiger partial charge in [0.15, 0.2) is 5.75 Å². The number of Topliss-reactive ketones (excluding diaryl/α,β-unsaturated/α-hetero) is 2. The maximum Gasteiger partial charge on any atom is 0.237 e. The number of halogens is 1. The lowest BCUT2D eigenvalue weighted by Gasteiger charge is -2.35. The number of H-pyrrole nitrogens is 1. The molecule has 0 bridgehead atoms. The summed E-state index contributed by atoms with van der Waals surface area (Å²) in [5.41, 5.74) is 0.840. The van der Waals surface area contributed by atoms with Gasteiger partial charge in [-0.1, -0.05) is 30.7 Å². The molecule has 0 saturated heterocycles. The molecule has 5 aromatic rings. The zero-order valence-corrected chi connectivity index (χ0v) is 26.7. The highest BCUT2D eigenvalue weighted by molar-refractivity contribution is 6.36. The topological polar surface area (TPSA) is 142 Å². The predicted molar refractivity (Wildman–Crippen MR) is 172 cm³/mol. The fraction of sp³-hybridized carbons (Fsp3) is 0.257. The van der Waals surface area contributed by atoms with Gasteiger partial charge in [-0.15, -0.1) is 0 Å². The summed E-state index contributed by atoms with van der Waals surface area (Å²) in [5.74, 6) is 0.106. The first-order valence-electron chi connectivity index (χ1n) is 14.9. The zero-order valence-electron chi connectivity index (χ0n) is 26.0. The second-order valence-electron chi connectivity index (χ2n) is 11.5. The van der Waals surface area contributed by atoms with Crippen LogP contribution in [-0.4, -0.2) is 54.4 Å². The molecule has 3 aromatic carbocycles. The molecule has 0 radical (unpaired) electrons. The highest BCUT2D eigenvalue weighted by Gasteiger charge is 2.63. The Bertz CT molecular complexity index is 2050. The van der Waals surface area contributed by atoms with Crippen molar-refractivity contribution in [2.45, 2.75) is 31.9 Å². The minimum Gasteiger partial charge on any atom is -0.497 e. The number of rotatable bonds is 8. The number of carbonyl (C=O) groups is 3. The van der Waals surface area contributed by atoms with Crippen molar-refractivity contribution in [3.8, 4) is 34.3 Å². The summed E-state index contributed by atoms with van der Waals surface area (Å²) in [5, 5.41) is 2.94. The number of methoxy groups -OCH3 is 3. The second-order valence-corrected chi connectivity index (χ2v) is 11.9. The van der Waals surface area contributed by atoms with Gasteiger partial charge >= 0.3 is 0 Å². The van der Waals surface area contributed by atoms with E-state index < -0.39 is 23.1 Å². The van der Waals surface area contributed by atoms with E-state index in [1.54, 1.807) is 38.3 Å². The molecule has 0 fully saturated rings. The summed E-state index contributed by atoms with van der Waals surface area (Å²) in [4.78, 5) is 50.3. The van der Waals surface area contributed by atoms with Crippen LogP contribution in [-0.2, 0) is 24.2 Å². The molecule has 2 unspecified atom stereocenters. The SMILES string of the molecule is COc1ccc(-c2oc3c(c2CC(=O)NCc2nc4ccccc4[nH]2)C(=O)C2(Oc4c(Cl)c(OC)cc(OC)c4C2=O)C(C)C3)cc1. The van der Waals surface area contributed by atoms with Crippen LogP contribution in [0, 0.1) is 5.92 Å². The fourth-order valence-electron chi connectivity index (χ4n) is 6.47. The molecule has 2 aromatic heterocycles. The monoisotopic (exact) mass is 655 g/mol. The summed E-state index contributed by atoms with van der Waals surface area (Å²) in [6.07, 6.45) is -0.0305. The minimum absolute atomic E-state index is 0.0144. The lowest BCUT2D eigenvalue weighted by molar-refractivity contribution is -0.120. The smallest absolute Gasteiger partial charge is 0.237 e. The molecular weight excluding hydrogens is 626 g/mol. The van der Waals surface area contributed by atoms with Crippen LogP contribution in [0.25, 0.3) is 22.4 Å². The lowest BCUT2D eigenvalue weighted by Crippen LogP contribution is -2.56. The van der Waals surface area contributed by atoms with Crippen molar-refractivity contribution >= 4 is 40.1 Å². The van der Waals surface area contributed by atoms with E-state index in [0.717, 1.165) is 11.0 Å². The maximum atomic E-state index is 14.7. The van der Waals surface area contributed by atoms with Crippen LogP contribution < -0.4 is 24.3 Å². The molecule has 7 rings (SSSR count). The Morgan fingerprint density at radius 3 is 2.45 bits per heavy atom. The number of hydrogen-bond acceptors (Lipinski definition) is 9. The average molecular weight is 656 g/mol. The van der Waals surface area contributed by atoms with Gasteiger partial charge in [0.1, 0.15) is 45.2 Å². The van der Waals surface area contributed by atoms with Crippen LogP contribution in [0.5, 0.6) is 23.0 Å². The number of benzene rings is 3. The molecule has 12 heteroatoms. The number of furan rings is 1. The molecule has 3 heterocycles. The molecule has 1 amide bonds. The summed E-state index contributed by atoms with van der Waals surface area (Å²) in [6, 6.07) is 16.1. The molecule has 2 N–H and O–H groups in total. The number of aromatic nitrogens is 2. The Morgan fingerprint density at radius 2 is 1.74 bits per heavy atom. The Labute approximate surface area is 274 Å². The van der Waals surface area contributed by atoms with Gasteiger partial charge in [0.2, 0.25) is 23.1 Å². The molecule has 2 atom stereocenters. The molecule has 47 heavy (non-hydrogen) atoms. The van der Waals surface area contributed by atoms with Gasteiger partial charge in [-0.05, 0) is 36.4 Å². The Morgan fingerprint density at radius 1 is 1.02 bits per heavy atom. The molecule has 0 saturated carbocycles. The average Bonchev–Trinajstić information content (AvgIpc) is 3.76. The van der Waals surface area contributed by atoms with Crippen molar-refractivity contribution in [3.05, 3.63) is 87.9 Å². The summed E-state index contributed by atoms with van der Waals surface area (Å²) >= 11 is 6.61. The highest BCUT2D eigenvalue weighted by atomic mass is 35.5.